The van der Waals surface area contributed by atoms with Crippen LogP contribution in [0.25, 0.3) is 22.3 Å². The van der Waals surface area contributed by atoms with Gasteiger partial charge in [0.1, 0.15) is 22.9 Å². The molecule has 0 spiro atoms. The third kappa shape index (κ3) is 4.63. The summed E-state index contributed by atoms with van der Waals surface area (Å²) >= 11 is 0. The summed E-state index contributed by atoms with van der Waals surface area (Å²) in [6.07, 6.45) is 2.87. The Morgan fingerprint density at radius 2 is 1.79 bits per heavy atom. The van der Waals surface area contributed by atoms with Crippen molar-refractivity contribution < 1.29 is 8.78 Å². The first-order valence-electron chi connectivity index (χ1n) is 13.3. The van der Waals surface area contributed by atoms with E-state index in [4.69, 9.17) is 4.98 Å². The van der Waals surface area contributed by atoms with Crippen LogP contribution in [0.4, 0.5) is 20.5 Å². The number of rotatable bonds is 6. The number of piperazine rings is 1. The van der Waals surface area contributed by atoms with Gasteiger partial charge in [0.15, 0.2) is 11.6 Å². The fourth-order valence-electron chi connectivity index (χ4n) is 5.55. The molecule has 0 bridgehead atoms. The lowest BCUT2D eigenvalue weighted by atomic mass is 10.1. The summed E-state index contributed by atoms with van der Waals surface area (Å²) in [5, 5.41) is 3.09. The van der Waals surface area contributed by atoms with Crippen LogP contribution in [0.2, 0.25) is 0 Å². The summed E-state index contributed by atoms with van der Waals surface area (Å²) in [6.45, 7) is 12.5. The molecule has 8 nitrogen and oxygen atoms in total. The SMILES string of the molecule is CCN1CCN(Cc2ccc(Nc3ncc(F)c(-c4cc(F)c5nc6n(c5c4)C(C)CC6)n3)nc2C)CC1. The molecule has 0 radical (unpaired) electrons. The number of nitrogens with zero attached hydrogens (tertiary/aromatic N) is 7. The van der Waals surface area contributed by atoms with Gasteiger partial charge in [0.2, 0.25) is 5.95 Å². The normalized spacial score (nSPS) is 18.3. The number of benzene rings is 1. The van der Waals surface area contributed by atoms with E-state index in [1.165, 1.54) is 11.6 Å². The zero-order chi connectivity index (χ0) is 26.4. The highest BCUT2D eigenvalue weighted by molar-refractivity contribution is 5.83. The summed E-state index contributed by atoms with van der Waals surface area (Å²) in [4.78, 5) is 22.6. The van der Waals surface area contributed by atoms with Gasteiger partial charge in [0, 0.05) is 56.4 Å². The van der Waals surface area contributed by atoms with Gasteiger partial charge in [-0.3, -0.25) is 4.90 Å². The Hall–Kier alpha value is -3.50. The molecule has 4 aromatic rings. The summed E-state index contributed by atoms with van der Waals surface area (Å²) < 4.78 is 31.9. The molecule has 0 aliphatic carbocycles. The van der Waals surface area contributed by atoms with Gasteiger partial charge in [-0.2, -0.15) is 0 Å². The molecule has 0 saturated carbocycles. The monoisotopic (exact) mass is 518 g/mol. The highest BCUT2D eigenvalue weighted by atomic mass is 19.1. The number of aromatic nitrogens is 5. The minimum absolute atomic E-state index is 0.0315. The molecule has 10 heteroatoms. The molecule has 1 saturated heterocycles. The summed E-state index contributed by atoms with van der Waals surface area (Å²) in [5.74, 6) is 0.532. The van der Waals surface area contributed by atoms with E-state index in [1.54, 1.807) is 6.07 Å². The predicted octanol–water partition coefficient (Wildman–Crippen LogP) is 4.86. The second-order valence-electron chi connectivity index (χ2n) is 10.3. The minimum atomic E-state index is -0.619. The van der Waals surface area contributed by atoms with Crippen LogP contribution in [-0.2, 0) is 13.0 Å². The number of imidazole rings is 1. The predicted molar refractivity (Wildman–Crippen MR) is 143 cm³/mol. The maximum Gasteiger partial charge on any atom is 0.229 e. The van der Waals surface area contributed by atoms with Gasteiger partial charge in [-0.05, 0) is 50.6 Å². The Labute approximate surface area is 220 Å². The van der Waals surface area contributed by atoms with Gasteiger partial charge >= 0.3 is 0 Å². The van der Waals surface area contributed by atoms with E-state index >= 15 is 4.39 Å². The molecule has 198 valence electrons. The molecule has 6 rings (SSSR count). The number of nitrogens with one attached hydrogen (secondary N) is 1. The summed E-state index contributed by atoms with van der Waals surface area (Å²) in [6, 6.07) is 7.23. The third-order valence-corrected chi connectivity index (χ3v) is 7.81. The lowest BCUT2D eigenvalue weighted by molar-refractivity contribution is 0.131. The number of aryl methyl sites for hydroxylation is 2. The van der Waals surface area contributed by atoms with Gasteiger partial charge < -0.3 is 14.8 Å². The van der Waals surface area contributed by atoms with Crippen molar-refractivity contribution in [2.45, 2.75) is 46.2 Å². The number of halogens is 2. The molecule has 0 amide bonds. The first-order valence-corrected chi connectivity index (χ1v) is 13.3. The van der Waals surface area contributed by atoms with Crippen LogP contribution in [0, 0.1) is 18.6 Å². The molecule has 2 aliphatic heterocycles. The fraction of sp³-hybridized carbons (Fsp3) is 0.429. The molecule has 2 aliphatic rings. The Bertz CT molecular complexity index is 1490. The number of hydrogen-bond donors (Lipinski definition) is 1. The maximum atomic E-state index is 15.0. The van der Waals surface area contributed by atoms with E-state index in [-0.39, 0.29) is 17.7 Å². The van der Waals surface area contributed by atoms with Gasteiger partial charge in [0.25, 0.3) is 0 Å². The van der Waals surface area contributed by atoms with Gasteiger partial charge in [-0.1, -0.05) is 13.0 Å². The van der Waals surface area contributed by atoms with E-state index in [2.05, 4.69) is 50.0 Å². The van der Waals surface area contributed by atoms with Crippen molar-refractivity contribution >= 4 is 22.8 Å². The molecule has 1 fully saturated rings. The number of fused-ring (bicyclic) bond motifs is 3. The first kappa shape index (κ1) is 24.8. The molecule has 1 aromatic carbocycles. The smallest absolute Gasteiger partial charge is 0.229 e. The molecule has 38 heavy (non-hydrogen) atoms. The number of pyridine rings is 1. The average molecular weight is 519 g/mol. The van der Waals surface area contributed by atoms with Crippen LogP contribution >= 0.6 is 0 Å². The van der Waals surface area contributed by atoms with Crippen molar-refractivity contribution in [1.82, 2.24) is 34.3 Å². The average Bonchev–Trinajstić information content (AvgIpc) is 3.47. The van der Waals surface area contributed by atoms with Crippen molar-refractivity contribution in [3.8, 4) is 11.3 Å². The largest absolute Gasteiger partial charge is 0.325 e. The van der Waals surface area contributed by atoms with Crippen molar-refractivity contribution in [1.29, 1.82) is 0 Å². The number of likely N-dealkylation sites (N-methyl/N-ethyl adjacent to an activating group) is 1. The highest BCUT2D eigenvalue weighted by Crippen LogP contribution is 2.34. The van der Waals surface area contributed by atoms with E-state index in [1.807, 2.05) is 17.6 Å². The lowest BCUT2D eigenvalue weighted by Crippen LogP contribution is -2.45. The van der Waals surface area contributed by atoms with E-state index in [0.29, 0.717) is 22.4 Å². The van der Waals surface area contributed by atoms with Crippen molar-refractivity contribution in [3.63, 3.8) is 0 Å². The molecule has 5 heterocycles. The molecular formula is C28H32F2N8. The summed E-state index contributed by atoms with van der Waals surface area (Å²) in [5.41, 5.74) is 3.46. The summed E-state index contributed by atoms with van der Waals surface area (Å²) in [7, 11) is 0. The third-order valence-electron chi connectivity index (χ3n) is 7.81. The van der Waals surface area contributed by atoms with Gasteiger partial charge in [0.05, 0.1) is 11.7 Å². The number of anilines is 2. The van der Waals surface area contributed by atoms with E-state index in [9.17, 15) is 4.39 Å². The van der Waals surface area contributed by atoms with Crippen LogP contribution < -0.4 is 5.32 Å². The molecule has 3 aromatic heterocycles. The molecular weight excluding hydrogens is 486 g/mol. The Kier molecular flexibility index (Phi) is 6.53. The Balaban J connectivity index is 1.23. The molecule has 1 N–H and O–H groups in total. The van der Waals surface area contributed by atoms with E-state index in [0.717, 1.165) is 69.8 Å². The second kappa shape index (κ2) is 9.99. The van der Waals surface area contributed by atoms with Gasteiger partial charge in [-0.15, -0.1) is 0 Å². The van der Waals surface area contributed by atoms with Gasteiger partial charge in [-0.25, -0.2) is 28.7 Å². The Morgan fingerprint density at radius 1 is 1.00 bits per heavy atom. The van der Waals surface area contributed by atoms with Crippen LogP contribution in [0.5, 0.6) is 0 Å². The zero-order valence-electron chi connectivity index (χ0n) is 22.0. The van der Waals surface area contributed by atoms with Crippen molar-refractivity contribution in [2.24, 2.45) is 0 Å². The van der Waals surface area contributed by atoms with E-state index < -0.39 is 11.6 Å². The van der Waals surface area contributed by atoms with Crippen molar-refractivity contribution in [3.05, 3.63) is 59.2 Å². The number of hydrogen-bond acceptors (Lipinski definition) is 7. The second-order valence-corrected chi connectivity index (χ2v) is 10.3. The van der Waals surface area contributed by atoms with Crippen LogP contribution in [-0.4, -0.2) is 67.0 Å². The molecule has 1 atom stereocenters. The first-order chi connectivity index (χ1) is 18.4. The maximum absolute atomic E-state index is 15.0. The van der Waals surface area contributed by atoms with Crippen LogP contribution in [0.3, 0.4) is 0 Å². The fourth-order valence-corrected chi connectivity index (χ4v) is 5.55. The van der Waals surface area contributed by atoms with Crippen molar-refractivity contribution in [2.75, 3.05) is 38.0 Å². The quantitative estimate of drug-likeness (QED) is 0.391. The lowest BCUT2D eigenvalue weighted by Gasteiger charge is -2.34. The molecule has 1 unspecified atom stereocenters. The Morgan fingerprint density at radius 3 is 2.55 bits per heavy atom. The standard InChI is InChI=1S/C28H32F2N8/c1-4-36-9-11-37(12-10-36)16-19-6-7-24(32-18(19)3)33-28-31-15-22(30)26(35-28)20-13-21(29)27-23(14-20)38-17(2)5-8-25(38)34-27/h6-7,13-15,17H,4-5,8-12,16H2,1-3H3,(H,31,32,33,35). The minimum Gasteiger partial charge on any atom is -0.325 e. The highest BCUT2D eigenvalue weighted by Gasteiger charge is 2.25. The zero-order valence-corrected chi connectivity index (χ0v) is 22.0. The topological polar surface area (TPSA) is 75.0 Å². The van der Waals surface area contributed by atoms with Crippen LogP contribution in [0.1, 0.15) is 43.4 Å². The van der Waals surface area contributed by atoms with Crippen LogP contribution in [0.15, 0.2) is 30.5 Å².